The maximum absolute atomic E-state index is 12.1. The summed E-state index contributed by atoms with van der Waals surface area (Å²) in [4.78, 5) is 13.9. The Balaban J connectivity index is 3.31. The molecule has 1 rings (SSSR count). The predicted molar refractivity (Wildman–Crippen MR) is 51.4 cm³/mol. The van der Waals surface area contributed by atoms with E-state index in [2.05, 4.69) is 9.72 Å². The van der Waals surface area contributed by atoms with Crippen molar-refractivity contribution in [1.82, 2.24) is 4.98 Å². The highest BCUT2D eigenvalue weighted by molar-refractivity contribution is 5.73. The standard InChI is InChI=1S/C9H6F3N3O3/c10-9(11,12)18-8-5(1-6(16)17)15-3-4(2-13)7(8)14/h3H,1H2,(H2,14,15)(H,16,17). The van der Waals surface area contributed by atoms with E-state index in [0.717, 1.165) is 6.20 Å². The highest BCUT2D eigenvalue weighted by atomic mass is 19.4. The number of pyridine rings is 1. The first-order valence-corrected chi connectivity index (χ1v) is 4.39. The van der Waals surface area contributed by atoms with Crippen LogP contribution in [0.4, 0.5) is 18.9 Å². The molecule has 0 aromatic carbocycles. The van der Waals surface area contributed by atoms with E-state index in [1.807, 2.05) is 0 Å². The van der Waals surface area contributed by atoms with Gasteiger partial charge in [0.2, 0.25) is 0 Å². The molecule has 6 nitrogen and oxygen atoms in total. The zero-order valence-corrected chi connectivity index (χ0v) is 8.65. The molecular weight excluding hydrogens is 255 g/mol. The van der Waals surface area contributed by atoms with Crippen molar-refractivity contribution in [3.63, 3.8) is 0 Å². The summed E-state index contributed by atoms with van der Waals surface area (Å²) in [5.74, 6) is -2.36. The Kier molecular flexibility index (Phi) is 3.61. The molecule has 0 bridgehead atoms. The van der Waals surface area contributed by atoms with Gasteiger partial charge < -0.3 is 15.6 Å². The van der Waals surface area contributed by atoms with Crippen LogP contribution in [0.1, 0.15) is 11.3 Å². The van der Waals surface area contributed by atoms with E-state index in [0.29, 0.717) is 0 Å². The molecular formula is C9H6F3N3O3. The summed E-state index contributed by atoms with van der Waals surface area (Å²) >= 11 is 0. The Hall–Kier alpha value is -2.50. The molecule has 9 heteroatoms. The number of rotatable bonds is 3. The van der Waals surface area contributed by atoms with Gasteiger partial charge in [0, 0.05) is 6.20 Å². The average Bonchev–Trinajstić information content (AvgIpc) is 2.21. The van der Waals surface area contributed by atoms with Crippen LogP contribution in [-0.2, 0) is 11.2 Å². The fraction of sp³-hybridized carbons (Fsp3) is 0.222. The number of anilines is 1. The molecule has 1 aromatic rings. The van der Waals surface area contributed by atoms with Crippen molar-refractivity contribution < 1.29 is 27.8 Å². The number of carboxylic acids is 1. The van der Waals surface area contributed by atoms with Crippen LogP contribution in [0.15, 0.2) is 6.20 Å². The minimum atomic E-state index is -5.06. The van der Waals surface area contributed by atoms with Gasteiger partial charge in [-0.2, -0.15) is 5.26 Å². The van der Waals surface area contributed by atoms with Crippen LogP contribution in [0, 0.1) is 11.3 Å². The lowest BCUT2D eigenvalue weighted by molar-refractivity contribution is -0.274. The highest BCUT2D eigenvalue weighted by Crippen LogP contribution is 2.33. The number of alkyl halides is 3. The van der Waals surface area contributed by atoms with E-state index in [9.17, 15) is 18.0 Å². The molecule has 0 unspecified atom stereocenters. The van der Waals surface area contributed by atoms with Gasteiger partial charge in [0.15, 0.2) is 5.75 Å². The van der Waals surface area contributed by atoms with Gasteiger partial charge in [-0.25, -0.2) is 0 Å². The summed E-state index contributed by atoms with van der Waals surface area (Å²) in [5, 5.41) is 17.1. The molecule has 0 aliphatic carbocycles. The highest BCUT2D eigenvalue weighted by Gasteiger charge is 2.34. The number of carbonyl (C=O) groups is 1. The normalized spacial score (nSPS) is 10.8. The van der Waals surface area contributed by atoms with Crippen molar-refractivity contribution in [2.75, 3.05) is 5.73 Å². The summed E-state index contributed by atoms with van der Waals surface area (Å²) < 4.78 is 40.0. The molecule has 0 aliphatic rings. The van der Waals surface area contributed by atoms with Crippen molar-refractivity contribution in [3.8, 4) is 11.8 Å². The van der Waals surface area contributed by atoms with E-state index in [1.54, 1.807) is 0 Å². The third-order valence-corrected chi connectivity index (χ3v) is 1.80. The second kappa shape index (κ2) is 4.79. The third-order valence-electron chi connectivity index (χ3n) is 1.80. The molecule has 0 saturated heterocycles. The topological polar surface area (TPSA) is 109 Å². The van der Waals surface area contributed by atoms with Gasteiger partial charge in [-0.15, -0.1) is 13.2 Å². The lowest BCUT2D eigenvalue weighted by Gasteiger charge is -2.14. The number of hydrogen-bond donors (Lipinski definition) is 2. The molecule has 3 N–H and O–H groups in total. The van der Waals surface area contributed by atoms with Crippen LogP contribution in [0.25, 0.3) is 0 Å². The van der Waals surface area contributed by atoms with Gasteiger partial charge in [0.05, 0.1) is 23.4 Å². The second-order valence-electron chi connectivity index (χ2n) is 3.09. The number of ether oxygens (including phenoxy) is 1. The molecule has 0 amide bonds. The molecule has 0 atom stereocenters. The van der Waals surface area contributed by atoms with Crippen molar-refractivity contribution in [2.45, 2.75) is 12.8 Å². The van der Waals surface area contributed by atoms with Crippen LogP contribution < -0.4 is 10.5 Å². The number of nitrogens with zero attached hydrogens (tertiary/aromatic N) is 2. The van der Waals surface area contributed by atoms with Crippen LogP contribution in [0.5, 0.6) is 5.75 Å². The number of aromatic nitrogens is 1. The van der Waals surface area contributed by atoms with Crippen molar-refractivity contribution >= 4 is 11.7 Å². The SMILES string of the molecule is N#Cc1cnc(CC(=O)O)c(OC(F)(F)F)c1N. The third kappa shape index (κ3) is 3.24. The molecule has 18 heavy (non-hydrogen) atoms. The fourth-order valence-electron chi connectivity index (χ4n) is 1.14. The Morgan fingerprint density at radius 2 is 2.22 bits per heavy atom. The molecule has 96 valence electrons. The summed E-state index contributed by atoms with van der Waals surface area (Å²) in [5.41, 5.74) is 3.87. The lowest BCUT2D eigenvalue weighted by atomic mass is 10.1. The molecule has 1 heterocycles. The van der Waals surface area contributed by atoms with Gasteiger partial charge in [-0.05, 0) is 0 Å². The van der Waals surface area contributed by atoms with Crippen LogP contribution in [-0.4, -0.2) is 22.4 Å². The zero-order chi connectivity index (χ0) is 13.9. The van der Waals surface area contributed by atoms with Gasteiger partial charge in [-0.1, -0.05) is 0 Å². The van der Waals surface area contributed by atoms with Crippen molar-refractivity contribution in [3.05, 3.63) is 17.5 Å². The summed E-state index contributed by atoms with van der Waals surface area (Å²) in [6.45, 7) is 0. The van der Waals surface area contributed by atoms with Crippen molar-refractivity contribution in [1.29, 1.82) is 5.26 Å². The Morgan fingerprint density at radius 1 is 1.61 bits per heavy atom. The lowest BCUT2D eigenvalue weighted by Crippen LogP contribution is -2.20. The quantitative estimate of drug-likeness (QED) is 0.841. The smallest absolute Gasteiger partial charge is 0.481 e. The summed E-state index contributed by atoms with van der Waals surface area (Å²) in [7, 11) is 0. The largest absolute Gasteiger partial charge is 0.573 e. The maximum Gasteiger partial charge on any atom is 0.573 e. The molecule has 0 aliphatic heterocycles. The number of hydrogen-bond acceptors (Lipinski definition) is 5. The number of nitrogen functional groups attached to an aromatic ring is 1. The predicted octanol–water partition coefficient (Wildman–Crippen LogP) is 1.06. The first-order valence-electron chi connectivity index (χ1n) is 4.39. The molecule has 0 spiro atoms. The first kappa shape index (κ1) is 13.6. The van der Waals surface area contributed by atoms with E-state index in [4.69, 9.17) is 16.1 Å². The number of aliphatic carboxylic acids is 1. The molecule has 0 saturated carbocycles. The molecule has 0 fully saturated rings. The number of carboxylic acid groups (broad SMARTS) is 1. The molecule has 1 aromatic heterocycles. The van der Waals surface area contributed by atoms with E-state index < -0.39 is 35.9 Å². The van der Waals surface area contributed by atoms with Gasteiger partial charge in [0.25, 0.3) is 0 Å². The van der Waals surface area contributed by atoms with Gasteiger partial charge in [-0.3, -0.25) is 9.78 Å². The Bertz CT molecular complexity index is 522. The van der Waals surface area contributed by atoms with Crippen LogP contribution in [0.3, 0.4) is 0 Å². The van der Waals surface area contributed by atoms with Crippen LogP contribution >= 0.6 is 0 Å². The van der Waals surface area contributed by atoms with E-state index in [-0.39, 0.29) is 5.56 Å². The summed E-state index contributed by atoms with van der Waals surface area (Å²) in [6, 6.07) is 1.52. The Labute approximate surface area is 98.4 Å². The van der Waals surface area contributed by atoms with E-state index in [1.165, 1.54) is 6.07 Å². The minimum absolute atomic E-state index is 0.330. The Morgan fingerprint density at radius 3 is 2.67 bits per heavy atom. The van der Waals surface area contributed by atoms with Crippen LogP contribution in [0.2, 0.25) is 0 Å². The maximum atomic E-state index is 12.1. The second-order valence-corrected chi connectivity index (χ2v) is 3.09. The molecule has 0 radical (unpaired) electrons. The van der Waals surface area contributed by atoms with Gasteiger partial charge in [0.1, 0.15) is 6.07 Å². The van der Waals surface area contributed by atoms with Crippen molar-refractivity contribution in [2.24, 2.45) is 0 Å². The first-order chi connectivity index (χ1) is 8.24. The number of halogens is 3. The van der Waals surface area contributed by atoms with E-state index >= 15 is 0 Å². The van der Waals surface area contributed by atoms with Gasteiger partial charge >= 0.3 is 12.3 Å². The number of nitriles is 1. The monoisotopic (exact) mass is 261 g/mol. The average molecular weight is 261 g/mol. The fourth-order valence-corrected chi connectivity index (χ4v) is 1.14. The zero-order valence-electron chi connectivity index (χ0n) is 8.65. The minimum Gasteiger partial charge on any atom is -0.481 e. The summed E-state index contributed by atoms with van der Waals surface area (Å²) in [6.07, 6.45) is -4.98. The number of nitrogens with two attached hydrogens (primary N) is 1.